The lowest BCUT2D eigenvalue weighted by molar-refractivity contribution is -0.140. The fourth-order valence-electron chi connectivity index (χ4n) is 4.58. The third-order valence-electron chi connectivity index (χ3n) is 6.68. The van der Waals surface area contributed by atoms with Crippen LogP contribution in [0.15, 0.2) is 52.9 Å². The van der Waals surface area contributed by atoms with Crippen LogP contribution in [0.25, 0.3) is 5.76 Å². The van der Waals surface area contributed by atoms with Crippen molar-refractivity contribution < 1.29 is 27.9 Å². The maximum atomic E-state index is 13.2. The van der Waals surface area contributed by atoms with Gasteiger partial charge in [-0.05, 0) is 48.4 Å². The number of rotatable bonds is 8. The molecule has 12 heteroatoms. The Morgan fingerprint density at radius 3 is 2.29 bits per heavy atom. The van der Waals surface area contributed by atoms with E-state index in [9.17, 15) is 23.1 Å². The number of amides is 1. The minimum Gasteiger partial charge on any atom is -0.507 e. The van der Waals surface area contributed by atoms with Crippen LogP contribution in [0.2, 0.25) is 10.0 Å². The Morgan fingerprint density at radius 2 is 1.68 bits per heavy atom. The van der Waals surface area contributed by atoms with Gasteiger partial charge in [-0.2, -0.15) is 0 Å². The molecular weight excluding hydrogens is 553 g/mol. The Bertz CT molecular complexity index is 1360. The normalized spacial score (nSPS) is 20.4. The van der Waals surface area contributed by atoms with Gasteiger partial charge in [-0.15, -0.1) is 0 Å². The number of hydrogen-bond acceptors (Lipinski definition) is 7. The molecule has 0 radical (unpaired) electrons. The van der Waals surface area contributed by atoms with Gasteiger partial charge in [-0.3, -0.25) is 14.5 Å². The summed E-state index contributed by atoms with van der Waals surface area (Å²) in [4.78, 5) is 30.1. The van der Waals surface area contributed by atoms with Crippen LogP contribution in [0.1, 0.15) is 23.6 Å². The Balaban J connectivity index is 1.71. The van der Waals surface area contributed by atoms with Crippen molar-refractivity contribution in [2.75, 3.05) is 53.5 Å². The lowest BCUT2D eigenvalue weighted by Crippen LogP contribution is -2.38. The number of ketones is 1. The largest absolute Gasteiger partial charge is 0.507 e. The highest BCUT2D eigenvalue weighted by Gasteiger charge is 2.46. The average molecular weight is 583 g/mol. The van der Waals surface area contributed by atoms with Crippen molar-refractivity contribution in [3.63, 3.8) is 0 Å². The van der Waals surface area contributed by atoms with Gasteiger partial charge in [-0.1, -0.05) is 29.3 Å². The fourth-order valence-corrected chi connectivity index (χ4v) is 5.79. The molecule has 2 fully saturated rings. The predicted octanol–water partition coefficient (Wildman–Crippen LogP) is 3.39. The summed E-state index contributed by atoms with van der Waals surface area (Å²) in [6.07, 6.45) is 0.613. The lowest BCUT2D eigenvalue weighted by Gasteiger charge is -2.29. The van der Waals surface area contributed by atoms with Gasteiger partial charge in [0.25, 0.3) is 11.7 Å². The zero-order valence-corrected chi connectivity index (χ0v) is 23.4. The minimum atomic E-state index is -3.68. The van der Waals surface area contributed by atoms with Crippen LogP contribution >= 0.6 is 23.2 Å². The molecule has 2 aliphatic rings. The highest BCUT2D eigenvalue weighted by Crippen LogP contribution is 2.41. The molecule has 204 valence electrons. The molecule has 38 heavy (non-hydrogen) atoms. The summed E-state index contributed by atoms with van der Waals surface area (Å²) in [5.74, 6) is -1.95. The van der Waals surface area contributed by atoms with Crippen molar-refractivity contribution in [3.8, 4) is 0 Å². The molecule has 0 saturated carbocycles. The van der Waals surface area contributed by atoms with Gasteiger partial charge in [-0.25, -0.2) is 12.7 Å². The molecule has 1 atom stereocenters. The van der Waals surface area contributed by atoms with Gasteiger partial charge in [0.05, 0.1) is 39.8 Å². The summed E-state index contributed by atoms with van der Waals surface area (Å²) in [7, 11) is -0.846. The Kier molecular flexibility index (Phi) is 8.81. The number of aliphatic hydroxyl groups excluding tert-OH is 1. The van der Waals surface area contributed by atoms with Crippen LogP contribution in [0.3, 0.4) is 0 Å². The summed E-state index contributed by atoms with van der Waals surface area (Å²) >= 11 is 12.4. The Labute approximate surface area is 232 Å². The summed E-state index contributed by atoms with van der Waals surface area (Å²) in [6, 6.07) is 9.43. The second-order valence-electron chi connectivity index (χ2n) is 9.29. The van der Waals surface area contributed by atoms with E-state index in [0.717, 1.165) is 23.9 Å². The molecule has 9 nitrogen and oxygen atoms in total. The van der Waals surface area contributed by atoms with E-state index < -0.39 is 33.5 Å². The number of sulfonamides is 1. The fraction of sp³-hybridized carbons (Fsp3) is 0.385. The quantitative estimate of drug-likeness (QED) is 0.289. The summed E-state index contributed by atoms with van der Waals surface area (Å²) in [5, 5.41) is 11.8. The van der Waals surface area contributed by atoms with Crippen molar-refractivity contribution in [2.24, 2.45) is 0 Å². The second kappa shape index (κ2) is 11.7. The van der Waals surface area contributed by atoms with Crippen LogP contribution in [0.4, 0.5) is 0 Å². The molecular formula is C26H29Cl2N3O6S. The van der Waals surface area contributed by atoms with Gasteiger partial charge in [0.1, 0.15) is 5.76 Å². The molecule has 2 saturated heterocycles. The Morgan fingerprint density at radius 1 is 1.03 bits per heavy atom. The smallest absolute Gasteiger partial charge is 0.295 e. The number of hydrogen-bond donors (Lipinski definition) is 1. The van der Waals surface area contributed by atoms with E-state index in [0.29, 0.717) is 30.2 Å². The van der Waals surface area contributed by atoms with Crippen molar-refractivity contribution in [2.45, 2.75) is 17.4 Å². The van der Waals surface area contributed by atoms with E-state index in [-0.39, 0.29) is 27.6 Å². The number of aliphatic hydroxyl groups is 1. The molecule has 1 N–H and O–H groups in total. The SMILES string of the molecule is CN(C)S(=O)(=O)c1ccc(/C(O)=C2\C(=O)C(=O)N(CCCN3CCOCC3)[C@@H]2c2ccc(Cl)c(Cl)c2)cc1. The highest BCUT2D eigenvalue weighted by atomic mass is 35.5. The lowest BCUT2D eigenvalue weighted by atomic mass is 9.95. The van der Waals surface area contributed by atoms with Crippen molar-refractivity contribution in [1.82, 2.24) is 14.1 Å². The van der Waals surface area contributed by atoms with E-state index in [1.54, 1.807) is 18.2 Å². The van der Waals surface area contributed by atoms with Crippen LogP contribution in [-0.2, 0) is 24.3 Å². The number of likely N-dealkylation sites (tertiary alicyclic amines) is 1. The van der Waals surface area contributed by atoms with Crippen molar-refractivity contribution in [1.29, 1.82) is 0 Å². The maximum absolute atomic E-state index is 13.2. The molecule has 0 unspecified atom stereocenters. The highest BCUT2D eigenvalue weighted by molar-refractivity contribution is 7.89. The van der Waals surface area contributed by atoms with Gasteiger partial charge in [0.2, 0.25) is 10.0 Å². The topological polar surface area (TPSA) is 107 Å². The van der Waals surface area contributed by atoms with Gasteiger partial charge >= 0.3 is 0 Å². The molecule has 1 amide bonds. The van der Waals surface area contributed by atoms with Crippen molar-refractivity contribution >= 4 is 50.7 Å². The number of halogens is 2. The van der Waals surface area contributed by atoms with E-state index in [2.05, 4.69) is 4.90 Å². The zero-order valence-electron chi connectivity index (χ0n) is 21.1. The minimum absolute atomic E-state index is 0.0312. The average Bonchev–Trinajstić information content (AvgIpc) is 3.15. The Hall–Kier alpha value is -2.47. The number of morpholine rings is 1. The standard InChI is InChI=1S/C26H29Cl2N3O6S/c1-29(2)38(35,36)19-7-4-17(5-8-19)24(32)22-23(18-6-9-20(27)21(28)16-18)31(26(34)25(22)33)11-3-10-30-12-14-37-15-13-30/h4-9,16,23,32H,3,10-15H2,1-2H3/b24-22+/t23-/m1/s1. The summed E-state index contributed by atoms with van der Waals surface area (Å²) in [5.41, 5.74) is 0.639. The number of Topliss-reactive ketones (excluding diaryl/α,β-unsaturated/α-hetero) is 1. The molecule has 0 bridgehead atoms. The van der Waals surface area contributed by atoms with E-state index in [4.69, 9.17) is 27.9 Å². The summed E-state index contributed by atoms with van der Waals surface area (Å²) < 4.78 is 31.3. The zero-order chi connectivity index (χ0) is 27.6. The summed E-state index contributed by atoms with van der Waals surface area (Å²) in [6.45, 7) is 3.92. The number of ether oxygens (including phenoxy) is 1. The molecule has 0 aliphatic carbocycles. The van der Waals surface area contributed by atoms with E-state index >= 15 is 0 Å². The van der Waals surface area contributed by atoms with Gasteiger partial charge in [0.15, 0.2) is 0 Å². The van der Waals surface area contributed by atoms with Crippen LogP contribution in [0, 0.1) is 0 Å². The van der Waals surface area contributed by atoms with Gasteiger partial charge in [0, 0.05) is 45.8 Å². The number of carbonyl (C=O) groups is 2. The molecule has 4 rings (SSSR count). The van der Waals surface area contributed by atoms with Gasteiger partial charge < -0.3 is 14.7 Å². The number of benzene rings is 2. The molecule has 2 heterocycles. The van der Waals surface area contributed by atoms with E-state index in [1.807, 2.05) is 0 Å². The molecule has 0 aromatic heterocycles. The monoisotopic (exact) mass is 581 g/mol. The number of carbonyl (C=O) groups excluding carboxylic acids is 2. The molecule has 2 aromatic carbocycles. The first kappa shape index (κ1) is 28.5. The first-order valence-electron chi connectivity index (χ1n) is 12.1. The second-order valence-corrected chi connectivity index (χ2v) is 12.3. The maximum Gasteiger partial charge on any atom is 0.295 e. The van der Waals surface area contributed by atoms with Crippen LogP contribution in [-0.4, -0.2) is 92.8 Å². The first-order valence-corrected chi connectivity index (χ1v) is 14.3. The number of nitrogens with zero attached hydrogens (tertiary/aromatic N) is 3. The first-order chi connectivity index (χ1) is 18.0. The van der Waals surface area contributed by atoms with Crippen molar-refractivity contribution in [3.05, 3.63) is 69.2 Å². The molecule has 2 aromatic rings. The van der Waals surface area contributed by atoms with Crippen LogP contribution in [0.5, 0.6) is 0 Å². The third kappa shape index (κ3) is 5.75. The van der Waals surface area contributed by atoms with E-state index in [1.165, 1.54) is 43.3 Å². The predicted molar refractivity (Wildman–Crippen MR) is 145 cm³/mol. The van der Waals surface area contributed by atoms with Crippen LogP contribution < -0.4 is 0 Å². The third-order valence-corrected chi connectivity index (χ3v) is 9.25. The molecule has 0 spiro atoms. The molecule has 2 aliphatic heterocycles.